The molecule has 1 aromatic rings. The molecule has 2 heterocycles. The van der Waals surface area contributed by atoms with Crippen LogP contribution in [0.1, 0.15) is 24.6 Å². The molecule has 1 saturated heterocycles. The summed E-state index contributed by atoms with van der Waals surface area (Å²) in [4.78, 5) is 26.1. The Kier molecular flexibility index (Phi) is 5.25. The number of hydrogen-bond donors (Lipinski definition) is 1. The van der Waals surface area contributed by atoms with Gasteiger partial charge in [-0.25, -0.2) is 4.79 Å². The first-order valence-electron chi connectivity index (χ1n) is 6.51. The van der Waals surface area contributed by atoms with Gasteiger partial charge in [-0.3, -0.25) is 4.79 Å². The number of thioether (sulfide) groups is 1. The third-order valence-corrected chi connectivity index (χ3v) is 5.29. The average Bonchev–Trinajstić information content (AvgIpc) is 3.05. The molecule has 1 aliphatic rings. The molecule has 1 amide bonds. The highest BCUT2D eigenvalue weighted by molar-refractivity contribution is 8.00. The Morgan fingerprint density at radius 2 is 2.35 bits per heavy atom. The van der Waals surface area contributed by atoms with Crippen molar-refractivity contribution in [1.82, 2.24) is 4.90 Å². The van der Waals surface area contributed by atoms with E-state index in [0.29, 0.717) is 5.75 Å². The van der Waals surface area contributed by atoms with Crippen LogP contribution in [0.4, 0.5) is 0 Å². The molecule has 0 bridgehead atoms. The normalized spacial score (nSPS) is 22.6. The molecule has 2 unspecified atom stereocenters. The van der Waals surface area contributed by atoms with Gasteiger partial charge >= 0.3 is 5.97 Å². The van der Waals surface area contributed by atoms with Gasteiger partial charge in [0.15, 0.2) is 0 Å². The maximum atomic E-state index is 12.3. The summed E-state index contributed by atoms with van der Waals surface area (Å²) in [6, 6.07) is 3.13. The van der Waals surface area contributed by atoms with Gasteiger partial charge in [0.1, 0.15) is 6.04 Å². The van der Waals surface area contributed by atoms with Crippen molar-refractivity contribution in [3.63, 3.8) is 0 Å². The summed E-state index contributed by atoms with van der Waals surface area (Å²) < 4.78 is 0. The topological polar surface area (TPSA) is 57.6 Å². The second-order valence-corrected chi connectivity index (χ2v) is 6.72. The van der Waals surface area contributed by atoms with Crippen LogP contribution in [0.5, 0.6) is 0 Å². The van der Waals surface area contributed by atoms with Crippen molar-refractivity contribution in [3.8, 4) is 0 Å². The number of rotatable bonds is 5. The van der Waals surface area contributed by atoms with E-state index in [4.69, 9.17) is 0 Å². The van der Waals surface area contributed by atoms with Crippen molar-refractivity contribution < 1.29 is 14.7 Å². The van der Waals surface area contributed by atoms with E-state index in [1.165, 1.54) is 11.0 Å². The van der Waals surface area contributed by atoms with Crippen LogP contribution in [0, 0.1) is 0 Å². The van der Waals surface area contributed by atoms with Gasteiger partial charge in [0.05, 0.1) is 5.37 Å². The zero-order valence-electron chi connectivity index (χ0n) is 11.2. The SMILES string of the molecule is CCCC1SCC(C(=O)O)N1C(=O)C=Cc1cccs1. The summed E-state index contributed by atoms with van der Waals surface area (Å²) in [6.45, 7) is 2.04. The van der Waals surface area contributed by atoms with Gasteiger partial charge in [0.25, 0.3) is 0 Å². The van der Waals surface area contributed by atoms with Crippen LogP contribution in [0.25, 0.3) is 6.08 Å². The van der Waals surface area contributed by atoms with E-state index in [1.54, 1.807) is 29.2 Å². The molecular weight excluding hydrogens is 294 g/mol. The van der Waals surface area contributed by atoms with Gasteiger partial charge in [0, 0.05) is 16.7 Å². The number of aliphatic carboxylic acids is 1. The summed E-state index contributed by atoms with van der Waals surface area (Å²) in [5.41, 5.74) is 0. The molecule has 1 aliphatic heterocycles. The lowest BCUT2D eigenvalue weighted by atomic mass is 10.2. The minimum absolute atomic E-state index is 0.0263. The van der Waals surface area contributed by atoms with Crippen LogP contribution in [0.3, 0.4) is 0 Å². The van der Waals surface area contributed by atoms with E-state index in [0.717, 1.165) is 17.7 Å². The monoisotopic (exact) mass is 311 g/mol. The number of carboxylic acids is 1. The third kappa shape index (κ3) is 3.43. The summed E-state index contributed by atoms with van der Waals surface area (Å²) in [5.74, 6) is -0.665. The first-order chi connectivity index (χ1) is 9.63. The molecule has 0 aromatic carbocycles. The smallest absolute Gasteiger partial charge is 0.327 e. The van der Waals surface area contributed by atoms with Gasteiger partial charge in [-0.15, -0.1) is 23.1 Å². The molecule has 1 fully saturated rings. The third-order valence-electron chi connectivity index (χ3n) is 3.10. The number of thiophene rings is 1. The summed E-state index contributed by atoms with van der Waals surface area (Å²) in [5, 5.41) is 11.2. The standard InChI is InChI=1S/C14H17NO3S2/c1-2-4-13-15(11(9-20-13)14(17)18)12(16)7-6-10-5-3-8-19-10/h3,5-8,11,13H,2,4,9H2,1H3,(H,17,18). The van der Waals surface area contributed by atoms with Gasteiger partial charge in [0.2, 0.25) is 5.91 Å². The molecule has 0 spiro atoms. The summed E-state index contributed by atoms with van der Waals surface area (Å²) >= 11 is 3.10. The fraction of sp³-hybridized carbons (Fsp3) is 0.429. The van der Waals surface area contributed by atoms with Gasteiger partial charge in [-0.1, -0.05) is 19.4 Å². The molecular formula is C14H17NO3S2. The first kappa shape index (κ1) is 15.1. The van der Waals surface area contributed by atoms with Crippen LogP contribution >= 0.6 is 23.1 Å². The van der Waals surface area contributed by atoms with E-state index >= 15 is 0 Å². The highest BCUT2D eigenvalue weighted by atomic mass is 32.2. The predicted octanol–water partition coefficient (Wildman–Crippen LogP) is 2.92. The van der Waals surface area contributed by atoms with Crippen molar-refractivity contribution in [2.75, 3.05) is 5.75 Å². The molecule has 1 aromatic heterocycles. The summed E-state index contributed by atoms with van der Waals surface area (Å²) in [7, 11) is 0. The molecule has 20 heavy (non-hydrogen) atoms. The Morgan fingerprint density at radius 3 is 2.95 bits per heavy atom. The molecule has 0 saturated carbocycles. The quantitative estimate of drug-likeness (QED) is 0.850. The molecule has 4 nitrogen and oxygen atoms in total. The van der Waals surface area contributed by atoms with Crippen molar-refractivity contribution in [1.29, 1.82) is 0 Å². The minimum atomic E-state index is -0.922. The highest BCUT2D eigenvalue weighted by Gasteiger charge is 2.40. The van der Waals surface area contributed by atoms with E-state index in [1.807, 2.05) is 24.4 Å². The van der Waals surface area contributed by atoms with Crippen LogP contribution in [-0.2, 0) is 9.59 Å². The van der Waals surface area contributed by atoms with Gasteiger partial charge in [-0.2, -0.15) is 0 Å². The fourth-order valence-corrected chi connectivity index (χ4v) is 4.28. The van der Waals surface area contributed by atoms with Crippen LogP contribution in [0.15, 0.2) is 23.6 Å². The Hall–Kier alpha value is -1.27. The Labute approximate surface area is 126 Å². The molecule has 6 heteroatoms. The lowest BCUT2D eigenvalue weighted by molar-refractivity contribution is -0.147. The lowest BCUT2D eigenvalue weighted by Gasteiger charge is -2.25. The van der Waals surface area contributed by atoms with Crippen LogP contribution < -0.4 is 0 Å². The number of amides is 1. The van der Waals surface area contributed by atoms with Crippen molar-refractivity contribution >= 4 is 41.1 Å². The largest absolute Gasteiger partial charge is 0.480 e. The maximum Gasteiger partial charge on any atom is 0.327 e. The van der Waals surface area contributed by atoms with Gasteiger partial charge < -0.3 is 10.0 Å². The van der Waals surface area contributed by atoms with Crippen molar-refractivity contribution in [3.05, 3.63) is 28.5 Å². The molecule has 1 N–H and O–H groups in total. The maximum absolute atomic E-state index is 12.3. The van der Waals surface area contributed by atoms with Crippen LogP contribution in [0.2, 0.25) is 0 Å². The number of carboxylic acid groups (broad SMARTS) is 1. The van der Waals surface area contributed by atoms with Crippen molar-refractivity contribution in [2.45, 2.75) is 31.2 Å². The van der Waals surface area contributed by atoms with Gasteiger partial charge in [-0.05, 0) is 23.9 Å². The van der Waals surface area contributed by atoms with Crippen molar-refractivity contribution in [2.24, 2.45) is 0 Å². The predicted molar refractivity (Wildman–Crippen MR) is 82.8 cm³/mol. The fourth-order valence-electron chi connectivity index (χ4n) is 2.14. The van der Waals surface area contributed by atoms with E-state index in [-0.39, 0.29) is 11.3 Å². The average molecular weight is 311 g/mol. The lowest BCUT2D eigenvalue weighted by Crippen LogP contribution is -2.44. The summed E-state index contributed by atoms with van der Waals surface area (Å²) in [6.07, 6.45) is 4.99. The molecule has 2 rings (SSSR count). The number of carbonyl (C=O) groups excluding carboxylic acids is 1. The zero-order valence-corrected chi connectivity index (χ0v) is 12.8. The van der Waals surface area contributed by atoms with E-state index < -0.39 is 12.0 Å². The second kappa shape index (κ2) is 6.95. The Bertz CT molecular complexity index is 499. The number of hydrogen-bond acceptors (Lipinski definition) is 4. The molecule has 108 valence electrons. The van der Waals surface area contributed by atoms with Crippen LogP contribution in [-0.4, -0.2) is 39.1 Å². The van der Waals surface area contributed by atoms with E-state index in [2.05, 4.69) is 0 Å². The zero-order chi connectivity index (χ0) is 14.5. The minimum Gasteiger partial charge on any atom is -0.480 e. The second-order valence-electron chi connectivity index (χ2n) is 4.52. The number of nitrogens with zero attached hydrogens (tertiary/aromatic N) is 1. The molecule has 2 atom stereocenters. The highest BCUT2D eigenvalue weighted by Crippen LogP contribution is 2.32. The molecule has 0 aliphatic carbocycles. The van der Waals surface area contributed by atoms with E-state index in [9.17, 15) is 14.7 Å². The first-order valence-corrected chi connectivity index (χ1v) is 8.44. The number of carbonyl (C=O) groups is 2. The Morgan fingerprint density at radius 1 is 1.55 bits per heavy atom. The molecule has 0 radical (unpaired) electrons. The Balaban J connectivity index is 2.12.